The normalized spacial score (nSPS) is 26.6. The number of hydrogen-bond acceptors (Lipinski definition) is 2. The van der Waals surface area contributed by atoms with Gasteiger partial charge in [0.1, 0.15) is 6.10 Å². The van der Waals surface area contributed by atoms with Crippen molar-refractivity contribution in [2.45, 2.75) is 6.10 Å². The topological polar surface area (TPSA) is 21.8 Å². The highest BCUT2D eigenvalue weighted by molar-refractivity contribution is 8.00. The molecule has 1 fully saturated rings. The summed E-state index contributed by atoms with van der Waals surface area (Å²) in [6.45, 7) is 0.100. The third kappa shape index (κ3) is 3.06. The van der Waals surface area contributed by atoms with Gasteiger partial charge in [0.2, 0.25) is 6.85 Å². The molecule has 2 nitrogen and oxygen atoms in total. The number of ether oxygens (including phenoxy) is 1. The summed E-state index contributed by atoms with van der Waals surface area (Å²) in [6, 6.07) is 0. The minimum Gasteiger partial charge on any atom is -0.371 e. The predicted molar refractivity (Wildman–Crippen MR) is 34.3 cm³/mol. The van der Waals surface area contributed by atoms with Gasteiger partial charge in [-0.3, -0.25) is 0 Å². The number of halogens is 2. The molecule has 0 amide bonds. The highest BCUT2D eigenvalue weighted by atomic mass is 35.9. The second kappa shape index (κ2) is 3.19. The van der Waals surface area contributed by atoms with E-state index in [0.717, 1.165) is 6.61 Å². The van der Waals surface area contributed by atoms with E-state index in [1.54, 1.807) is 0 Å². The Labute approximate surface area is 58.5 Å². The van der Waals surface area contributed by atoms with Gasteiger partial charge in [-0.25, -0.2) is 0 Å². The molecule has 0 aromatic carbocycles. The van der Waals surface area contributed by atoms with Crippen LogP contribution in [0, 0.1) is 0 Å². The van der Waals surface area contributed by atoms with Gasteiger partial charge in [-0.15, -0.1) is 0 Å². The zero-order chi connectivity index (χ0) is 5.98. The Morgan fingerprint density at radius 1 is 1.75 bits per heavy atom. The number of hydrogen-bond donors (Lipinski definition) is 0. The Bertz CT molecular complexity index is 73.7. The fourth-order valence-corrected chi connectivity index (χ4v) is 0.921. The van der Waals surface area contributed by atoms with Crippen molar-refractivity contribution in [3.05, 3.63) is 0 Å². The molecule has 5 heteroatoms. The number of epoxide rings is 1. The molecule has 0 spiro atoms. The fraction of sp³-hybridized carbons (Fsp3) is 1.00. The SMILES string of the molecule is ClP(Cl)OCC1CO1. The molecule has 0 aromatic heterocycles. The van der Waals surface area contributed by atoms with Crippen molar-refractivity contribution >= 4 is 29.3 Å². The molecule has 1 saturated heterocycles. The van der Waals surface area contributed by atoms with Gasteiger partial charge in [0, 0.05) is 0 Å². The van der Waals surface area contributed by atoms with Crippen LogP contribution < -0.4 is 0 Å². The van der Waals surface area contributed by atoms with Crippen molar-refractivity contribution < 1.29 is 9.26 Å². The summed E-state index contributed by atoms with van der Waals surface area (Å²) < 4.78 is 9.66. The molecule has 0 bridgehead atoms. The molecule has 0 N–H and O–H groups in total. The van der Waals surface area contributed by atoms with Gasteiger partial charge in [0.25, 0.3) is 0 Å². The molecule has 1 heterocycles. The largest absolute Gasteiger partial charge is 0.371 e. The zero-order valence-electron chi connectivity index (χ0n) is 4.01. The van der Waals surface area contributed by atoms with Gasteiger partial charge in [0.05, 0.1) is 13.2 Å². The lowest BCUT2D eigenvalue weighted by atomic mass is 10.5. The van der Waals surface area contributed by atoms with Crippen molar-refractivity contribution in [2.24, 2.45) is 0 Å². The van der Waals surface area contributed by atoms with Crippen LogP contribution >= 0.6 is 29.3 Å². The third-order valence-electron chi connectivity index (χ3n) is 0.760. The van der Waals surface area contributed by atoms with Crippen LogP contribution in [0.5, 0.6) is 0 Å². The van der Waals surface area contributed by atoms with Gasteiger partial charge in [0.15, 0.2) is 0 Å². The average Bonchev–Trinajstić information content (AvgIpc) is 2.41. The van der Waals surface area contributed by atoms with E-state index in [2.05, 4.69) is 0 Å². The van der Waals surface area contributed by atoms with E-state index >= 15 is 0 Å². The average molecular weight is 175 g/mol. The van der Waals surface area contributed by atoms with Gasteiger partial charge >= 0.3 is 0 Å². The second-order valence-corrected chi connectivity index (χ2v) is 4.48. The van der Waals surface area contributed by atoms with E-state index in [1.807, 2.05) is 0 Å². The third-order valence-corrected chi connectivity index (χ3v) is 1.69. The molecule has 0 aromatic rings. The molecular weight excluding hydrogens is 170 g/mol. The van der Waals surface area contributed by atoms with Crippen LogP contribution in [0.4, 0.5) is 0 Å². The smallest absolute Gasteiger partial charge is 0.225 e. The van der Waals surface area contributed by atoms with Crippen LogP contribution in [0.1, 0.15) is 0 Å². The van der Waals surface area contributed by atoms with Crippen molar-refractivity contribution in [1.82, 2.24) is 0 Å². The maximum atomic E-state index is 5.30. The molecule has 1 atom stereocenters. The molecule has 1 aliphatic rings. The minimum atomic E-state index is -1.23. The Balaban J connectivity index is 1.87. The molecule has 8 heavy (non-hydrogen) atoms. The first-order chi connectivity index (χ1) is 3.79. The Morgan fingerprint density at radius 2 is 2.38 bits per heavy atom. The highest BCUT2D eigenvalue weighted by Crippen LogP contribution is 2.48. The molecule has 48 valence electrons. The van der Waals surface area contributed by atoms with Crippen LogP contribution in [-0.2, 0) is 9.26 Å². The Kier molecular flexibility index (Phi) is 2.81. The van der Waals surface area contributed by atoms with Gasteiger partial charge in [-0.05, 0) is 22.5 Å². The lowest BCUT2D eigenvalue weighted by Crippen LogP contribution is -1.93. The van der Waals surface area contributed by atoms with E-state index in [9.17, 15) is 0 Å². The van der Waals surface area contributed by atoms with E-state index < -0.39 is 6.85 Å². The van der Waals surface area contributed by atoms with E-state index in [0.29, 0.717) is 6.61 Å². The summed E-state index contributed by atoms with van der Waals surface area (Å²) >= 11 is 10.6. The molecule has 0 radical (unpaired) electrons. The Morgan fingerprint density at radius 3 is 2.75 bits per heavy atom. The van der Waals surface area contributed by atoms with Crippen molar-refractivity contribution in [2.75, 3.05) is 13.2 Å². The van der Waals surface area contributed by atoms with Gasteiger partial charge in [-0.2, -0.15) is 0 Å². The van der Waals surface area contributed by atoms with Crippen LogP contribution in [0.15, 0.2) is 0 Å². The van der Waals surface area contributed by atoms with Crippen LogP contribution in [0.25, 0.3) is 0 Å². The summed E-state index contributed by atoms with van der Waals surface area (Å²) in [6.07, 6.45) is 0.262. The monoisotopic (exact) mass is 174 g/mol. The van der Waals surface area contributed by atoms with Crippen molar-refractivity contribution in [3.8, 4) is 0 Å². The van der Waals surface area contributed by atoms with E-state index in [1.165, 1.54) is 0 Å². The van der Waals surface area contributed by atoms with Crippen molar-refractivity contribution in [3.63, 3.8) is 0 Å². The minimum absolute atomic E-state index is 0.262. The fourth-order valence-electron chi connectivity index (χ4n) is 0.304. The standard InChI is InChI=1S/C3H5Cl2O2P/c4-8(5)7-2-3-1-6-3/h3H,1-2H2. The predicted octanol–water partition coefficient (Wildman–Crippen LogP) is 2.11. The maximum Gasteiger partial charge on any atom is 0.225 e. The Hall–Kier alpha value is 0.930. The molecule has 0 saturated carbocycles. The van der Waals surface area contributed by atoms with Gasteiger partial charge < -0.3 is 9.26 Å². The molecule has 0 aliphatic carbocycles. The summed E-state index contributed by atoms with van der Waals surface area (Å²) in [7, 11) is 0. The summed E-state index contributed by atoms with van der Waals surface area (Å²) in [5.74, 6) is 0. The van der Waals surface area contributed by atoms with Crippen LogP contribution in [0.3, 0.4) is 0 Å². The molecular formula is C3H5Cl2O2P. The maximum absolute atomic E-state index is 5.30. The summed E-state index contributed by atoms with van der Waals surface area (Å²) in [4.78, 5) is 0. The second-order valence-electron chi connectivity index (χ2n) is 1.45. The van der Waals surface area contributed by atoms with E-state index in [4.69, 9.17) is 31.7 Å². The highest BCUT2D eigenvalue weighted by Gasteiger charge is 2.23. The lowest BCUT2D eigenvalue weighted by molar-refractivity contribution is 0.291. The van der Waals surface area contributed by atoms with E-state index in [-0.39, 0.29) is 6.10 Å². The first-order valence-corrected chi connectivity index (χ1v) is 5.22. The first-order valence-electron chi connectivity index (χ1n) is 2.15. The van der Waals surface area contributed by atoms with Crippen LogP contribution in [-0.4, -0.2) is 19.3 Å². The van der Waals surface area contributed by atoms with Crippen molar-refractivity contribution in [1.29, 1.82) is 0 Å². The number of rotatable bonds is 3. The molecule has 1 unspecified atom stereocenters. The zero-order valence-corrected chi connectivity index (χ0v) is 6.42. The quantitative estimate of drug-likeness (QED) is 0.483. The first kappa shape index (κ1) is 7.04. The van der Waals surface area contributed by atoms with Crippen LogP contribution in [0.2, 0.25) is 0 Å². The summed E-state index contributed by atoms with van der Waals surface area (Å²) in [5, 5.41) is 0. The summed E-state index contributed by atoms with van der Waals surface area (Å²) in [5.41, 5.74) is 0. The molecule has 1 aliphatic heterocycles. The molecule has 1 rings (SSSR count). The van der Waals surface area contributed by atoms with Gasteiger partial charge in [-0.1, -0.05) is 0 Å². The lowest BCUT2D eigenvalue weighted by Gasteiger charge is -1.96.